The topological polar surface area (TPSA) is 60.3 Å². The van der Waals surface area contributed by atoms with Crippen molar-refractivity contribution in [1.29, 1.82) is 0 Å². The molecule has 0 aliphatic heterocycles. The van der Waals surface area contributed by atoms with Crippen LogP contribution in [0, 0.1) is 6.92 Å². The Morgan fingerprint density at radius 3 is 2.54 bits per heavy atom. The predicted molar refractivity (Wildman–Crippen MR) is 81.9 cm³/mol. The number of amides is 1. The monoisotopic (exact) mass is 342 g/mol. The van der Waals surface area contributed by atoms with Crippen LogP contribution in [0.4, 0.5) is 13.2 Å². The van der Waals surface area contributed by atoms with Crippen LogP contribution in [0.3, 0.4) is 0 Å². The van der Waals surface area contributed by atoms with Crippen LogP contribution < -0.4 is 5.32 Å². The van der Waals surface area contributed by atoms with Crippen molar-refractivity contribution in [3.8, 4) is 0 Å². The number of benzene rings is 1. The van der Waals surface area contributed by atoms with Gasteiger partial charge in [-0.2, -0.15) is 13.2 Å². The second-order valence-corrected chi connectivity index (χ2v) is 5.23. The van der Waals surface area contributed by atoms with E-state index in [1.54, 1.807) is 18.2 Å². The number of alkyl halides is 3. The molecule has 0 spiro atoms. The molecule has 0 atom stereocenters. The van der Waals surface area contributed by atoms with Crippen LogP contribution in [0.15, 0.2) is 24.3 Å². The molecular weight excluding hydrogens is 325 g/mol. The number of hydrogen-bond donors (Lipinski definition) is 1. The summed E-state index contributed by atoms with van der Waals surface area (Å²) in [5.41, 5.74) is 0.104. The predicted octanol–water partition coefficient (Wildman–Crippen LogP) is 2.46. The summed E-state index contributed by atoms with van der Waals surface area (Å²) in [4.78, 5) is 23.7. The summed E-state index contributed by atoms with van der Waals surface area (Å²) in [5, 5.41) is 2.78. The normalized spacial score (nSPS) is 11.7. The van der Waals surface area contributed by atoms with Gasteiger partial charge >= 0.3 is 6.18 Å². The number of para-hydroxylation sites is 1. The molecule has 1 N–H and O–H groups in total. The second kappa shape index (κ2) is 7.04. The molecule has 0 radical (unpaired) electrons. The number of halogens is 3. The summed E-state index contributed by atoms with van der Waals surface area (Å²) in [6.07, 6.45) is -4.97. The Hall–Kier alpha value is -2.35. The van der Waals surface area contributed by atoms with Crippen LogP contribution in [0.25, 0.3) is 10.9 Å². The van der Waals surface area contributed by atoms with Gasteiger partial charge in [-0.3, -0.25) is 9.59 Å². The Balaban J connectivity index is 2.43. The number of fused-ring (bicyclic) bond motifs is 1. The van der Waals surface area contributed by atoms with Gasteiger partial charge in [-0.15, -0.1) is 0 Å². The van der Waals surface area contributed by atoms with Crippen molar-refractivity contribution in [2.24, 2.45) is 0 Å². The summed E-state index contributed by atoms with van der Waals surface area (Å²) in [7, 11) is 1.49. The zero-order chi connectivity index (χ0) is 17.9. The zero-order valence-corrected chi connectivity index (χ0v) is 13.2. The molecule has 24 heavy (non-hydrogen) atoms. The molecule has 0 bridgehead atoms. The summed E-state index contributed by atoms with van der Waals surface area (Å²) in [6.45, 7) is 1.85. The minimum Gasteiger partial charge on any atom is -0.383 e. The smallest absolute Gasteiger partial charge is 0.383 e. The van der Waals surface area contributed by atoms with E-state index >= 15 is 0 Å². The lowest BCUT2D eigenvalue weighted by atomic mass is 10.1. The minimum absolute atomic E-state index is 0.111. The average molecular weight is 342 g/mol. The molecule has 0 aliphatic carbocycles. The van der Waals surface area contributed by atoms with E-state index in [0.29, 0.717) is 18.7 Å². The van der Waals surface area contributed by atoms with E-state index in [-0.39, 0.29) is 23.5 Å². The molecule has 2 rings (SSSR count). The first kappa shape index (κ1) is 18.0. The van der Waals surface area contributed by atoms with Gasteiger partial charge in [0.25, 0.3) is 5.78 Å². The Labute approximate surface area is 136 Å². The number of ether oxygens (including phenoxy) is 1. The van der Waals surface area contributed by atoms with E-state index in [2.05, 4.69) is 5.32 Å². The SMILES string of the molecule is COCCNC(=O)Cn1c(C)c(C(=O)C(F)(F)F)c2ccccc21. The van der Waals surface area contributed by atoms with Gasteiger partial charge in [-0.25, -0.2) is 0 Å². The highest BCUT2D eigenvalue weighted by Crippen LogP contribution is 2.31. The van der Waals surface area contributed by atoms with E-state index < -0.39 is 17.5 Å². The van der Waals surface area contributed by atoms with E-state index in [1.807, 2.05) is 0 Å². The number of carbonyl (C=O) groups is 2. The van der Waals surface area contributed by atoms with Gasteiger partial charge in [0.2, 0.25) is 5.91 Å². The molecule has 0 saturated heterocycles. The van der Waals surface area contributed by atoms with Crippen LogP contribution in [0.2, 0.25) is 0 Å². The molecule has 1 aromatic heterocycles. The van der Waals surface area contributed by atoms with Crippen molar-refractivity contribution >= 4 is 22.6 Å². The number of rotatable bonds is 6. The Bertz CT molecular complexity index is 766. The molecule has 5 nitrogen and oxygen atoms in total. The first-order chi connectivity index (χ1) is 11.3. The molecule has 2 aromatic rings. The molecule has 130 valence electrons. The lowest BCUT2D eigenvalue weighted by Gasteiger charge is -2.10. The second-order valence-electron chi connectivity index (χ2n) is 5.23. The highest BCUT2D eigenvalue weighted by molar-refractivity contribution is 6.12. The Morgan fingerprint density at radius 2 is 1.92 bits per heavy atom. The van der Waals surface area contributed by atoms with Gasteiger partial charge in [-0.05, 0) is 13.0 Å². The van der Waals surface area contributed by atoms with Gasteiger partial charge in [0, 0.05) is 30.3 Å². The van der Waals surface area contributed by atoms with Gasteiger partial charge in [0.15, 0.2) is 0 Å². The van der Waals surface area contributed by atoms with Crippen LogP contribution in [0.1, 0.15) is 16.1 Å². The third kappa shape index (κ3) is 3.59. The fourth-order valence-electron chi connectivity index (χ4n) is 2.56. The summed E-state index contributed by atoms with van der Waals surface area (Å²) in [6, 6.07) is 6.22. The molecule has 0 unspecified atom stereocenters. The number of hydrogen-bond acceptors (Lipinski definition) is 3. The Morgan fingerprint density at radius 1 is 1.25 bits per heavy atom. The van der Waals surface area contributed by atoms with E-state index in [9.17, 15) is 22.8 Å². The number of aromatic nitrogens is 1. The summed E-state index contributed by atoms with van der Waals surface area (Å²) >= 11 is 0. The lowest BCUT2D eigenvalue weighted by molar-refractivity contribution is -0.121. The van der Waals surface area contributed by atoms with Crippen LogP contribution >= 0.6 is 0 Å². The first-order valence-corrected chi connectivity index (χ1v) is 7.22. The fraction of sp³-hybridized carbons (Fsp3) is 0.375. The molecule has 1 aromatic carbocycles. The maximum Gasteiger partial charge on any atom is 0.454 e. The standard InChI is InChI=1S/C16H17F3N2O3/c1-10-14(15(23)16(17,18)19)11-5-3-4-6-12(11)21(10)9-13(22)20-7-8-24-2/h3-6H,7-9H2,1-2H3,(H,20,22). The number of ketones is 1. The molecule has 8 heteroatoms. The van der Waals surface area contributed by atoms with Crippen molar-refractivity contribution in [2.75, 3.05) is 20.3 Å². The van der Waals surface area contributed by atoms with Crippen molar-refractivity contribution in [1.82, 2.24) is 9.88 Å². The number of nitrogens with one attached hydrogen (secondary N) is 1. The quantitative estimate of drug-likeness (QED) is 0.648. The molecule has 0 aliphatic rings. The van der Waals surface area contributed by atoms with Crippen LogP contribution in [0.5, 0.6) is 0 Å². The third-order valence-corrected chi connectivity index (χ3v) is 3.65. The van der Waals surface area contributed by atoms with Gasteiger partial charge in [0.05, 0.1) is 12.2 Å². The van der Waals surface area contributed by atoms with Crippen molar-refractivity contribution in [3.05, 3.63) is 35.5 Å². The van der Waals surface area contributed by atoms with Gasteiger partial charge in [0.1, 0.15) is 6.54 Å². The third-order valence-electron chi connectivity index (χ3n) is 3.65. The lowest BCUT2D eigenvalue weighted by Crippen LogP contribution is -2.30. The van der Waals surface area contributed by atoms with Crippen molar-refractivity contribution in [2.45, 2.75) is 19.6 Å². The number of nitrogens with zero attached hydrogens (tertiary/aromatic N) is 1. The number of carbonyl (C=O) groups excluding carboxylic acids is 2. The fourth-order valence-corrected chi connectivity index (χ4v) is 2.56. The zero-order valence-electron chi connectivity index (χ0n) is 13.2. The maximum absolute atomic E-state index is 12.9. The molecule has 0 saturated carbocycles. The van der Waals surface area contributed by atoms with Gasteiger partial charge < -0.3 is 14.6 Å². The van der Waals surface area contributed by atoms with E-state index in [4.69, 9.17) is 4.74 Å². The summed E-state index contributed by atoms with van der Waals surface area (Å²) in [5.74, 6) is -2.28. The van der Waals surface area contributed by atoms with E-state index in [1.165, 1.54) is 24.7 Å². The highest BCUT2D eigenvalue weighted by atomic mass is 19.4. The van der Waals surface area contributed by atoms with Crippen molar-refractivity contribution < 1.29 is 27.5 Å². The maximum atomic E-state index is 12.9. The highest BCUT2D eigenvalue weighted by Gasteiger charge is 2.42. The average Bonchev–Trinajstić information content (AvgIpc) is 2.78. The number of methoxy groups -OCH3 is 1. The minimum atomic E-state index is -4.97. The summed E-state index contributed by atoms with van der Waals surface area (Å²) < 4.78 is 44.8. The molecule has 1 amide bonds. The number of Topliss-reactive ketones (excluding diaryl/α,β-unsaturated/α-hetero) is 1. The Kier molecular flexibility index (Phi) is 5.28. The van der Waals surface area contributed by atoms with Crippen molar-refractivity contribution in [3.63, 3.8) is 0 Å². The van der Waals surface area contributed by atoms with Crippen LogP contribution in [-0.2, 0) is 16.1 Å². The molecule has 1 heterocycles. The van der Waals surface area contributed by atoms with E-state index in [0.717, 1.165) is 0 Å². The molecule has 0 fully saturated rings. The van der Waals surface area contributed by atoms with Gasteiger partial charge in [-0.1, -0.05) is 18.2 Å². The first-order valence-electron chi connectivity index (χ1n) is 7.22. The molecular formula is C16H17F3N2O3. The largest absolute Gasteiger partial charge is 0.454 e. The van der Waals surface area contributed by atoms with Crippen LogP contribution in [-0.4, -0.2) is 42.7 Å².